The molecule has 2 bridgehead atoms. The molecule has 0 aromatic carbocycles. The van der Waals surface area contributed by atoms with Crippen molar-refractivity contribution in [3.05, 3.63) is 0 Å². The molecule has 3 heterocycles. The maximum Gasteiger partial charge on any atom is 0.229 e. The largest absolute Gasteiger partial charge is 0.300 e. The van der Waals surface area contributed by atoms with Gasteiger partial charge in [0.05, 0.1) is 0 Å². The van der Waals surface area contributed by atoms with Gasteiger partial charge in [0.2, 0.25) is 30.4 Å². The molecule has 0 aliphatic carbocycles. The van der Waals surface area contributed by atoms with Gasteiger partial charge < -0.3 is 0 Å². The Morgan fingerprint density at radius 2 is 0.714 bits per heavy atom. The fourth-order valence-corrected chi connectivity index (χ4v) is 1.52. The first-order chi connectivity index (χ1) is 6.78. The number of fused-ring (bicyclic) bond motifs is 3. The van der Waals surface area contributed by atoms with E-state index < -0.39 is 0 Å². The average molecular weight is 228 g/mol. The predicted octanol–water partition coefficient (Wildman–Crippen LogP) is 0.656. The summed E-state index contributed by atoms with van der Waals surface area (Å²) in [6.07, 6.45) is 0. The van der Waals surface area contributed by atoms with Crippen LogP contribution in [0.2, 0.25) is 23.1 Å². The van der Waals surface area contributed by atoms with Gasteiger partial charge in [-0.05, 0) is 0 Å². The van der Waals surface area contributed by atoms with Crippen molar-refractivity contribution < 1.29 is 0 Å². The number of piperazine rings is 3. The van der Waals surface area contributed by atoms with Crippen LogP contribution in [0.1, 0.15) is 0 Å². The highest BCUT2D eigenvalue weighted by atomic mass is 27.1. The van der Waals surface area contributed by atoms with Crippen molar-refractivity contribution in [2.24, 2.45) is 0 Å². The number of nitrogens with zero attached hydrogens (tertiary/aromatic N) is 2. The molecule has 4 heteroatoms. The van der Waals surface area contributed by atoms with Gasteiger partial charge in [-0.2, -0.15) is 0 Å². The molecule has 0 saturated carbocycles. The number of rotatable bonds is 0. The molecule has 3 rings (SSSR count). The van der Waals surface area contributed by atoms with Crippen LogP contribution in [0.3, 0.4) is 0 Å². The molecule has 0 atom stereocenters. The minimum atomic E-state index is 0.417. The van der Waals surface area contributed by atoms with E-state index in [-0.39, 0.29) is 0 Å². The molecule has 3 aliphatic heterocycles. The third kappa shape index (κ3) is 7.30. The van der Waals surface area contributed by atoms with E-state index in [1.165, 1.54) is 39.3 Å². The minimum Gasteiger partial charge on any atom is -0.300 e. The zero-order valence-corrected chi connectivity index (χ0v) is 13.4. The van der Waals surface area contributed by atoms with Crippen molar-refractivity contribution in [2.75, 3.05) is 39.3 Å². The third-order valence-electron chi connectivity index (χ3n) is 2.20. The van der Waals surface area contributed by atoms with Crippen LogP contribution >= 0.6 is 0 Å². The Kier molecular flexibility index (Phi) is 11.2. The molecule has 0 aromatic heterocycles. The summed E-state index contributed by atoms with van der Waals surface area (Å²) in [5, 5.41) is 0. The highest BCUT2D eigenvalue weighted by molar-refractivity contribution is 6.31. The Morgan fingerprint density at radius 3 is 0.786 bits per heavy atom. The van der Waals surface area contributed by atoms with Crippen molar-refractivity contribution in [1.29, 1.82) is 0 Å². The first-order valence-corrected chi connectivity index (χ1v) is 11.9. The summed E-state index contributed by atoms with van der Waals surface area (Å²) >= 11 is 0.833. The standard InChI is InChI=1S/C6H12N2.4CH3.2Al.2H/c1-2-8-5-3-7(1)4-6-8;;;;;;;;/h1-6H2;4*1H3;;;;. The molecule has 0 radical (unpaired) electrons. The van der Waals surface area contributed by atoms with E-state index in [1.807, 2.05) is 0 Å². The maximum atomic E-state index is 2.54. The molecule has 0 unspecified atom stereocenters. The van der Waals surface area contributed by atoms with Crippen LogP contribution in [-0.2, 0) is 0 Å². The van der Waals surface area contributed by atoms with E-state index in [0.717, 1.165) is 0 Å². The maximum absolute atomic E-state index is 2.54. The van der Waals surface area contributed by atoms with Gasteiger partial charge in [0.15, 0.2) is 0 Å². The van der Waals surface area contributed by atoms with Gasteiger partial charge in [0.1, 0.15) is 0 Å². The van der Waals surface area contributed by atoms with E-state index in [9.17, 15) is 0 Å². The molecule has 14 heavy (non-hydrogen) atoms. The second-order valence-corrected chi connectivity index (χ2v) is 6.93. The zero-order valence-electron chi connectivity index (χ0n) is 10.6. The Hall–Kier alpha value is 0.985. The predicted molar refractivity (Wildman–Crippen MR) is 70.6 cm³/mol. The minimum absolute atomic E-state index is 0.417. The van der Waals surface area contributed by atoms with Crippen molar-refractivity contribution in [3.8, 4) is 0 Å². The van der Waals surface area contributed by atoms with Gasteiger partial charge in [-0.1, -0.05) is 0 Å². The summed E-state index contributed by atoms with van der Waals surface area (Å²) < 4.78 is 0. The molecule has 0 amide bonds. The van der Waals surface area contributed by atoms with E-state index in [2.05, 4.69) is 32.9 Å². The van der Waals surface area contributed by atoms with Crippen molar-refractivity contribution >= 4 is 30.4 Å². The van der Waals surface area contributed by atoms with Gasteiger partial charge in [-0.15, -0.1) is 23.1 Å². The van der Waals surface area contributed by atoms with E-state index in [0.29, 0.717) is 30.4 Å². The molecular formula is C10H26Al2N2. The van der Waals surface area contributed by atoms with Gasteiger partial charge in [-0.25, -0.2) is 0 Å². The summed E-state index contributed by atoms with van der Waals surface area (Å²) in [4.78, 5) is 5.08. The molecule has 82 valence electrons. The van der Waals surface area contributed by atoms with Crippen LogP contribution < -0.4 is 0 Å². The molecule has 0 N–H and O–H groups in total. The Morgan fingerprint density at radius 1 is 0.571 bits per heavy atom. The van der Waals surface area contributed by atoms with Crippen LogP contribution in [0.4, 0.5) is 0 Å². The molecule has 3 aliphatic rings. The topological polar surface area (TPSA) is 6.48 Å². The molecular weight excluding hydrogens is 202 g/mol. The molecule has 3 saturated heterocycles. The summed E-state index contributed by atoms with van der Waals surface area (Å²) in [6, 6.07) is 0. The smallest absolute Gasteiger partial charge is 0.229 e. The number of hydrogen-bond donors (Lipinski definition) is 0. The van der Waals surface area contributed by atoms with Crippen LogP contribution in [0.5, 0.6) is 0 Å². The van der Waals surface area contributed by atoms with E-state index in [4.69, 9.17) is 0 Å². The second kappa shape index (κ2) is 10.5. The van der Waals surface area contributed by atoms with Crippen LogP contribution in [0.15, 0.2) is 0 Å². The zero-order chi connectivity index (χ0) is 10.8. The molecule has 0 aromatic rings. The highest BCUT2D eigenvalue weighted by Crippen LogP contribution is 2.06. The fraction of sp³-hybridized carbons (Fsp3) is 1.00. The van der Waals surface area contributed by atoms with Gasteiger partial charge in [0, 0.05) is 39.3 Å². The molecule has 3 fully saturated rings. The lowest BCUT2D eigenvalue weighted by atomic mass is 10.2. The van der Waals surface area contributed by atoms with E-state index in [1.54, 1.807) is 0 Å². The Labute approximate surface area is 102 Å². The summed E-state index contributed by atoms with van der Waals surface area (Å²) in [5.41, 5.74) is 0. The summed E-state index contributed by atoms with van der Waals surface area (Å²) in [6.45, 7) is 7.92. The SMILES string of the molecule is C1CN2CCN1CC2.[CH3][AlH][CH3].[CH3][AlH][CH3]. The first-order valence-electron chi connectivity index (χ1n) is 6.23. The lowest BCUT2D eigenvalue weighted by Crippen LogP contribution is -2.55. The van der Waals surface area contributed by atoms with Crippen molar-refractivity contribution in [1.82, 2.24) is 9.80 Å². The Bertz CT molecular complexity index is 89.7. The van der Waals surface area contributed by atoms with E-state index >= 15 is 0 Å². The average Bonchev–Trinajstić information content (AvgIpc) is 2.23. The van der Waals surface area contributed by atoms with Crippen molar-refractivity contribution in [2.45, 2.75) is 23.1 Å². The summed E-state index contributed by atoms with van der Waals surface area (Å²) in [7, 11) is 0. The van der Waals surface area contributed by atoms with Gasteiger partial charge >= 0.3 is 0 Å². The fourth-order valence-electron chi connectivity index (χ4n) is 1.52. The highest BCUT2D eigenvalue weighted by Gasteiger charge is 2.21. The third-order valence-corrected chi connectivity index (χ3v) is 2.20. The lowest BCUT2D eigenvalue weighted by Gasteiger charge is -2.41. The van der Waals surface area contributed by atoms with Crippen LogP contribution in [0.25, 0.3) is 0 Å². The normalized spacial score (nSPS) is 27.7. The quantitative estimate of drug-likeness (QED) is 0.562. The molecule has 0 spiro atoms. The number of hydrogen-bond acceptors (Lipinski definition) is 2. The Balaban J connectivity index is 0.000000242. The van der Waals surface area contributed by atoms with Crippen molar-refractivity contribution in [3.63, 3.8) is 0 Å². The van der Waals surface area contributed by atoms with Crippen LogP contribution in [-0.4, -0.2) is 79.5 Å². The lowest BCUT2D eigenvalue weighted by molar-refractivity contribution is 0.0647. The van der Waals surface area contributed by atoms with Gasteiger partial charge in [-0.3, -0.25) is 9.80 Å². The molecule has 2 nitrogen and oxygen atoms in total. The monoisotopic (exact) mass is 228 g/mol. The van der Waals surface area contributed by atoms with Crippen LogP contribution in [0, 0.1) is 0 Å². The van der Waals surface area contributed by atoms with Gasteiger partial charge in [0.25, 0.3) is 0 Å². The summed E-state index contributed by atoms with van der Waals surface area (Å²) in [5.74, 6) is 9.06. The first kappa shape index (κ1) is 15.0. The second-order valence-electron chi connectivity index (χ2n) is 4.10.